The first-order valence-electron chi connectivity index (χ1n) is 9.07. The van der Waals surface area contributed by atoms with E-state index in [0.717, 1.165) is 49.2 Å². The van der Waals surface area contributed by atoms with Gasteiger partial charge in [0.1, 0.15) is 11.4 Å². The van der Waals surface area contributed by atoms with E-state index >= 15 is 0 Å². The summed E-state index contributed by atoms with van der Waals surface area (Å²) >= 11 is 0. The predicted octanol–water partition coefficient (Wildman–Crippen LogP) is 2.40. The number of rotatable bonds is 5. The van der Waals surface area contributed by atoms with Gasteiger partial charge >= 0.3 is 0 Å². The largest absolute Gasteiger partial charge is 0.493 e. The molecule has 6 nitrogen and oxygen atoms in total. The maximum atomic E-state index is 12.8. The molecule has 1 amide bonds. The lowest BCUT2D eigenvalue weighted by molar-refractivity contribution is 0.0621. The van der Waals surface area contributed by atoms with E-state index in [1.54, 1.807) is 0 Å². The van der Waals surface area contributed by atoms with Crippen LogP contribution in [0.1, 0.15) is 30.3 Å². The molecule has 0 spiro atoms. The molecule has 1 saturated heterocycles. The van der Waals surface area contributed by atoms with Gasteiger partial charge in [0, 0.05) is 37.8 Å². The highest BCUT2D eigenvalue weighted by Crippen LogP contribution is 2.30. The summed E-state index contributed by atoms with van der Waals surface area (Å²) in [4.78, 5) is 17.2. The molecule has 2 aromatic rings. The van der Waals surface area contributed by atoms with E-state index in [0.29, 0.717) is 12.3 Å². The van der Waals surface area contributed by atoms with E-state index in [4.69, 9.17) is 4.74 Å². The number of benzene rings is 1. The molecule has 2 fully saturated rings. The molecule has 4 rings (SSSR count). The number of aromatic nitrogens is 2. The van der Waals surface area contributed by atoms with Crippen molar-refractivity contribution in [3.05, 3.63) is 36.0 Å². The third-order valence-corrected chi connectivity index (χ3v) is 4.94. The molecule has 0 atom stereocenters. The molecule has 1 N–H and O–H groups in total. The molecule has 1 saturated carbocycles. The van der Waals surface area contributed by atoms with E-state index in [1.165, 1.54) is 12.8 Å². The first-order chi connectivity index (χ1) is 12.3. The van der Waals surface area contributed by atoms with Crippen molar-refractivity contribution in [1.82, 2.24) is 20.0 Å². The van der Waals surface area contributed by atoms with E-state index in [1.807, 2.05) is 42.2 Å². The molecule has 1 aliphatic heterocycles. The lowest BCUT2D eigenvalue weighted by Crippen LogP contribution is -2.49. The maximum absolute atomic E-state index is 12.8. The molecular weight excluding hydrogens is 316 g/mol. The van der Waals surface area contributed by atoms with Crippen molar-refractivity contribution in [3.63, 3.8) is 0 Å². The Labute approximate surface area is 147 Å². The van der Waals surface area contributed by atoms with Gasteiger partial charge in [0.05, 0.1) is 12.3 Å². The molecule has 0 bridgehead atoms. The zero-order valence-corrected chi connectivity index (χ0v) is 14.6. The average molecular weight is 340 g/mol. The second kappa shape index (κ2) is 6.88. The highest BCUT2D eigenvalue weighted by molar-refractivity contribution is 5.93. The van der Waals surface area contributed by atoms with Gasteiger partial charge in [0.2, 0.25) is 0 Å². The molecule has 25 heavy (non-hydrogen) atoms. The van der Waals surface area contributed by atoms with Gasteiger partial charge in [-0.3, -0.25) is 14.8 Å². The van der Waals surface area contributed by atoms with Crippen molar-refractivity contribution in [1.29, 1.82) is 0 Å². The summed E-state index contributed by atoms with van der Waals surface area (Å²) in [5.41, 5.74) is 2.18. The SMILES string of the molecule is CCOc1ccccc1-c1cc(C(=O)N2CCN(C3CC3)CC2)[nH]n1. The maximum Gasteiger partial charge on any atom is 0.271 e. The fraction of sp³-hybridized carbons (Fsp3) is 0.474. The lowest BCUT2D eigenvalue weighted by atomic mass is 10.1. The van der Waals surface area contributed by atoms with Crippen LogP contribution in [0.3, 0.4) is 0 Å². The Balaban J connectivity index is 1.47. The van der Waals surface area contributed by atoms with Crippen LogP contribution >= 0.6 is 0 Å². The molecule has 0 unspecified atom stereocenters. The number of nitrogens with zero attached hydrogens (tertiary/aromatic N) is 3. The number of ether oxygens (including phenoxy) is 1. The minimum atomic E-state index is 0.0306. The summed E-state index contributed by atoms with van der Waals surface area (Å²) in [6.45, 7) is 6.09. The van der Waals surface area contributed by atoms with Crippen LogP contribution in [0.25, 0.3) is 11.3 Å². The van der Waals surface area contributed by atoms with Gasteiger partial charge in [-0.25, -0.2) is 0 Å². The normalized spacial score (nSPS) is 18.4. The number of piperazine rings is 1. The molecule has 1 aromatic carbocycles. The molecule has 2 aliphatic rings. The summed E-state index contributed by atoms with van der Waals surface area (Å²) in [5, 5.41) is 7.24. The Bertz CT molecular complexity index is 745. The Morgan fingerprint density at radius 2 is 2.00 bits per heavy atom. The summed E-state index contributed by atoms with van der Waals surface area (Å²) in [7, 11) is 0. The zero-order chi connectivity index (χ0) is 17.2. The number of hydrogen-bond donors (Lipinski definition) is 1. The number of H-pyrrole nitrogens is 1. The first-order valence-corrected chi connectivity index (χ1v) is 9.07. The van der Waals surface area contributed by atoms with Gasteiger partial charge < -0.3 is 9.64 Å². The Kier molecular flexibility index (Phi) is 4.44. The molecular formula is C19H24N4O2. The smallest absolute Gasteiger partial charge is 0.271 e. The lowest BCUT2D eigenvalue weighted by Gasteiger charge is -2.34. The molecule has 2 heterocycles. The highest BCUT2D eigenvalue weighted by atomic mass is 16.5. The van der Waals surface area contributed by atoms with Crippen molar-refractivity contribution in [2.45, 2.75) is 25.8 Å². The zero-order valence-electron chi connectivity index (χ0n) is 14.6. The Morgan fingerprint density at radius 3 is 2.72 bits per heavy atom. The van der Waals surface area contributed by atoms with Crippen molar-refractivity contribution in [2.24, 2.45) is 0 Å². The Morgan fingerprint density at radius 1 is 1.24 bits per heavy atom. The Hall–Kier alpha value is -2.34. The molecule has 6 heteroatoms. The molecule has 0 radical (unpaired) electrons. The average Bonchev–Trinajstić information content (AvgIpc) is 3.39. The third kappa shape index (κ3) is 3.39. The van der Waals surface area contributed by atoms with Gasteiger partial charge in [-0.15, -0.1) is 0 Å². The van der Waals surface area contributed by atoms with Crippen molar-refractivity contribution < 1.29 is 9.53 Å². The minimum absolute atomic E-state index is 0.0306. The van der Waals surface area contributed by atoms with E-state index in [2.05, 4.69) is 15.1 Å². The van der Waals surface area contributed by atoms with Gasteiger partial charge in [0.25, 0.3) is 5.91 Å². The standard InChI is InChI=1S/C19H24N4O2/c1-2-25-18-6-4-3-5-15(18)16-13-17(21-20-16)19(24)23-11-9-22(10-12-23)14-7-8-14/h3-6,13-14H,2,7-12H2,1H3,(H,20,21). The second-order valence-electron chi connectivity index (χ2n) is 6.66. The van der Waals surface area contributed by atoms with Gasteiger partial charge in [-0.2, -0.15) is 5.10 Å². The quantitative estimate of drug-likeness (QED) is 0.908. The van der Waals surface area contributed by atoms with Crippen LogP contribution < -0.4 is 4.74 Å². The second-order valence-corrected chi connectivity index (χ2v) is 6.66. The summed E-state index contributed by atoms with van der Waals surface area (Å²) in [6.07, 6.45) is 2.63. The van der Waals surface area contributed by atoms with Crippen LogP contribution in [0.2, 0.25) is 0 Å². The van der Waals surface area contributed by atoms with Gasteiger partial charge in [-0.05, 0) is 38.0 Å². The number of para-hydroxylation sites is 1. The molecule has 1 aliphatic carbocycles. The predicted molar refractivity (Wildman–Crippen MR) is 95.7 cm³/mol. The monoisotopic (exact) mass is 340 g/mol. The van der Waals surface area contributed by atoms with Crippen LogP contribution in [-0.4, -0.2) is 64.7 Å². The van der Waals surface area contributed by atoms with Crippen molar-refractivity contribution in [3.8, 4) is 17.0 Å². The fourth-order valence-corrected chi connectivity index (χ4v) is 3.43. The van der Waals surface area contributed by atoms with Crippen molar-refractivity contribution in [2.75, 3.05) is 32.8 Å². The minimum Gasteiger partial charge on any atom is -0.493 e. The van der Waals surface area contributed by atoms with Gasteiger partial charge in [0.15, 0.2) is 0 Å². The van der Waals surface area contributed by atoms with Crippen LogP contribution in [0.5, 0.6) is 5.75 Å². The highest BCUT2D eigenvalue weighted by Gasteiger charge is 2.32. The number of aromatic amines is 1. The number of carbonyl (C=O) groups excluding carboxylic acids is 1. The van der Waals surface area contributed by atoms with Crippen molar-refractivity contribution >= 4 is 5.91 Å². The number of amides is 1. The van der Waals surface area contributed by atoms with Crippen LogP contribution in [0.4, 0.5) is 0 Å². The summed E-state index contributed by atoms with van der Waals surface area (Å²) in [5.74, 6) is 0.816. The van der Waals surface area contributed by atoms with Crippen LogP contribution in [-0.2, 0) is 0 Å². The molecule has 132 valence electrons. The summed E-state index contributed by atoms with van der Waals surface area (Å²) < 4.78 is 5.66. The van der Waals surface area contributed by atoms with E-state index in [9.17, 15) is 4.79 Å². The summed E-state index contributed by atoms with van der Waals surface area (Å²) in [6, 6.07) is 10.4. The topological polar surface area (TPSA) is 61.5 Å². The van der Waals surface area contributed by atoms with Crippen LogP contribution in [0, 0.1) is 0 Å². The number of hydrogen-bond acceptors (Lipinski definition) is 4. The fourth-order valence-electron chi connectivity index (χ4n) is 3.43. The van der Waals surface area contributed by atoms with E-state index in [-0.39, 0.29) is 5.91 Å². The number of carbonyl (C=O) groups is 1. The third-order valence-electron chi connectivity index (χ3n) is 4.94. The van der Waals surface area contributed by atoms with Crippen LogP contribution in [0.15, 0.2) is 30.3 Å². The molecule has 1 aromatic heterocycles. The van der Waals surface area contributed by atoms with Gasteiger partial charge in [-0.1, -0.05) is 12.1 Å². The first kappa shape index (κ1) is 16.1. The van der Waals surface area contributed by atoms with E-state index < -0.39 is 0 Å². The number of nitrogens with one attached hydrogen (secondary N) is 1.